The molecule has 0 saturated carbocycles. The predicted octanol–water partition coefficient (Wildman–Crippen LogP) is 2.30. The molecule has 1 N–H and O–H groups in total. The average molecular weight is 343 g/mol. The SMILES string of the molecule is Cc1nnc2ccc(N[C@@H]3CCN(c4ccc(Cl)cc4)C3=O)nn12. The van der Waals surface area contributed by atoms with Crippen LogP contribution in [0, 0.1) is 6.92 Å². The zero-order valence-electron chi connectivity index (χ0n) is 13.0. The van der Waals surface area contributed by atoms with E-state index in [9.17, 15) is 4.79 Å². The van der Waals surface area contributed by atoms with Gasteiger partial charge in [-0.1, -0.05) is 11.6 Å². The molecule has 1 aliphatic rings. The monoisotopic (exact) mass is 342 g/mol. The summed E-state index contributed by atoms with van der Waals surface area (Å²) in [6.45, 7) is 2.49. The molecule has 3 heterocycles. The number of aromatic nitrogens is 4. The molecule has 122 valence electrons. The smallest absolute Gasteiger partial charge is 0.249 e. The van der Waals surface area contributed by atoms with Gasteiger partial charge in [-0.05, 0) is 49.7 Å². The van der Waals surface area contributed by atoms with E-state index >= 15 is 0 Å². The van der Waals surface area contributed by atoms with Crippen LogP contribution in [0.1, 0.15) is 12.2 Å². The standard InChI is InChI=1S/C16H15ClN6O/c1-10-19-20-15-7-6-14(21-23(10)15)18-13-8-9-22(16(13)24)12-4-2-11(17)3-5-12/h2-7,13H,8-9H2,1H3,(H,18,21)/t13-/m1/s1. The molecule has 2 aromatic heterocycles. The Hall–Kier alpha value is -2.67. The Morgan fingerprint density at radius 2 is 1.96 bits per heavy atom. The van der Waals surface area contributed by atoms with E-state index in [2.05, 4.69) is 20.6 Å². The highest BCUT2D eigenvalue weighted by atomic mass is 35.5. The number of hydrogen-bond donors (Lipinski definition) is 1. The first-order valence-electron chi connectivity index (χ1n) is 7.64. The number of halogens is 1. The number of nitrogens with zero attached hydrogens (tertiary/aromatic N) is 5. The minimum absolute atomic E-state index is 0.0275. The Labute approximate surface area is 143 Å². The molecular weight excluding hydrogens is 328 g/mol. The molecule has 3 aromatic rings. The normalized spacial score (nSPS) is 17.7. The molecule has 0 spiro atoms. The van der Waals surface area contributed by atoms with E-state index in [0.29, 0.717) is 35.3 Å². The van der Waals surface area contributed by atoms with Gasteiger partial charge in [0, 0.05) is 17.3 Å². The van der Waals surface area contributed by atoms with Crippen LogP contribution in [0.5, 0.6) is 0 Å². The van der Waals surface area contributed by atoms with Gasteiger partial charge in [0.15, 0.2) is 11.5 Å². The number of benzene rings is 1. The number of hydrogen-bond acceptors (Lipinski definition) is 5. The zero-order chi connectivity index (χ0) is 16.7. The van der Waals surface area contributed by atoms with Gasteiger partial charge in [0.25, 0.3) is 0 Å². The van der Waals surface area contributed by atoms with Crippen molar-refractivity contribution >= 4 is 34.7 Å². The van der Waals surface area contributed by atoms with Crippen LogP contribution in [0.2, 0.25) is 5.02 Å². The number of carbonyl (C=O) groups excluding carboxylic acids is 1. The third kappa shape index (κ3) is 2.56. The second kappa shape index (κ2) is 5.76. The lowest BCUT2D eigenvalue weighted by Crippen LogP contribution is -2.33. The van der Waals surface area contributed by atoms with Gasteiger partial charge in [0.2, 0.25) is 5.91 Å². The molecular formula is C16H15ClN6O. The van der Waals surface area contributed by atoms with Gasteiger partial charge in [0.1, 0.15) is 11.9 Å². The molecule has 1 aliphatic heterocycles. The van der Waals surface area contributed by atoms with E-state index in [1.165, 1.54) is 0 Å². The summed E-state index contributed by atoms with van der Waals surface area (Å²) in [7, 11) is 0. The summed E-state index contributed by atoms with van der Waals surface area (Å²) < 4.78 is 1.65. The highest BCUT2D eigenvalue weighted by Gasteiger charge is 2.32. The molecule has 1 amide bonds. The molecule has 0 radical (unpaired) electrons. The summed E-state index contributed by atoms with van der Waals surface area (Å²) in [5.41, 5.74) is 1.53. The molecule has 7 nitrogen and oxygen atoms in total. The molecule has 0 aliphatic carbocycles. The zero-order valence-corrected chi connectivity index (χ0v) is 13.7. The number of rotatable bonds is 3. The first-order chi connectivity index (χ1) is 11.6. The second-order valence-corrected chi connectivity index (χ2v) is 6.12. The van der Waals surface area contributed by atoms with E-state index in [-0.39, 0.29) is 11.9 Å². The van der Waals surface area contributed by atoms with Gasteiger partial charge in [-0.25, -0.2) is 0 Å². The highest BCUT2D eigenvalue weighted by Crippen LogP contribution is 2.24. The van der Waals surface area contributed by atoms with Crippen LogP contribution in [0.4, 0.5) is 11.5 Å². The molecule has 0 bridgehead atoms. The lowest BCUT2D eigenvalue weighted by atomic mass is 10.2. The molecule has 1 fully saturated rings. The predicted molar refractivity (Wildman–Crippen MR) is 91.4 cm³/mol. The van der Waals surface area contributed by atoms with Crippen LogP contribution in [-0.4, -0.2) is 38.3 Å². The van der Waals surface area contributed by atoms with Gasteiger partial charge in [-0.3, -0.25) is 4.79 Å². The first kappa shape index (κ1) is 14.9. The lowest BCUT2D eigenvalue weighted by Gasteiger charge is -2.17. The number of nitrogens with one attached hydrogen (secondary N) is 1. The number of aryl methyl sites for hydroxylation is 1. The van der Waals surface area contributed by atoms with Gasteiger partial charge >= 0.3 is 0 Å². The van der Waals surface area contributed by atoms with Crippen LogP contribution < -0.4 is 10.2 Å². The summed E-state index contributed by atoms with van der Waals surface area (Å²) >= 11 is 5.91. The maximum Gasteiger partial charge on any atom is 0.249 e. The van der Waals surface area contributed by atoms with Gasteiger partial charge in [0.05, 0.1) is 0 Å². The summed E-state index contributed by atoms with van der Waals surface area (Å²) in [5.74, 6) is 1.36. The minimum atomic E-state index is -0.303. The Morgan fingerprint density at radius 1 is 1.17 bits per heavy atom. The van der Waals surface area contributed by atoms with Gasteiger partial charge in [-0.2, -0.15) is 4.52 Å². The number of anilines is 2. The van der Waals surface area contributed by atoms with Crippen molar-refractivity contribution in [1.29, 1.82) is 0 Å². The Kier molecular flexibility index (Phi) is 3.57. The summed E-state index contributed by atoms with van der Waals surface area (Å²) in [4.78, 5) is 14.4. The number of carbonyl (C=O) groups is 1. The van der Waals surface area contributed by atoms with E-state index in [0.717, 1.165) is 5.69 Å². The minimum Gasteiger partial charge on any atom is -0.357 e. The molecule has 1 atom stereocenters. The van der Waals surface area contributed by atoms with Crippen LogP contribution in [-0.2, 0) is 4.79 Å². The fraction of sp³-hybridized carbons (Fsp3) is 0.250. The van der Waals surface area contributed by atoms with Crippen molar-refractivity contribution < 1.29 is 4.79 Å². The van der Waals surface area contributed by atoms with Crippen LogP contribution in [0.15, 0.2) is 36.4 Å². The molecule has 1 saturated heterocycles. The Balaban J connectivity index is 1.53. The third-order valence-electron chi connectivity index (χ3n) is 4.08. The van der Waals surface area contributed by atoms with Crippen LogP contribution >= 0.6 is 11.6 Å². The van der Waals surface area contributed by atoms with E-state index < -0.39 is 0 Å². The van der Waals surface area contributed by atoms with E-state index in [1.54, 1.807) is 21.5 Å². The van der Waals surface area contributed by atoms with Crippen molar-refractivity contribution in [1.82, 2.24) is 19.8 Å². The highest BCUT2D eigenvalue weighted by molar-refractivity contribution is 6.30. The van der Waals surface area contributed by atoms with Crippen molar-refractivity contribution in [2.45, 2.75) is 19.4 Å². The fourth-order valence-corrected chi connectivity index (χ4v) is 2.97. The summed E-state index contributed by atoms with van der Waals surface area (Å²) in [5, 5.41) is 16.3. The topological polar surface area (TPSA) is 75.4 Å². The molecule has 1 aromatic carbocycles. The quantitative estimate of drug-likeness (QED) is 0.790. The Morgan fingerprint density at radius 3 is 2.75 bits per heavy atom. The summed E-state index contributed by atoms with van der Waals surface area (Å²) in [6.07, 6.45) is 0.711. The molecule has 24 heavy (non-hydrogen) atoms. The van der Waals surface area contributed by atoms with E-state index in [1.807, 2.05) is 31.2 Å². The van der Waals surface area contributed by atoms with Crippen molar-refractivity contribution in [2.24, 2.45) is 0 Å². The largest absolute Gasteiger partial charge is 0.357 e. The van der Waals surface area contributed by atoms with Crippen LogP contribution in [0.3, 0.4) is 0 Å². The summed E-state index contributed by atoms with van der Waals surface area (Å²) in [6, 6.07) is 10.6. The van der Waals surface area contributed by atoms with E-state index in [4.69, 9.17) is 11.6 Å². The van der Waals surface area contributed by atoms with Crippen molar-refractivity contribution in [3.8, 4) is 0 Å². The molecule has 0 unspecified atom stereocenters. The lowest BCUT2D eigenvalue weighted by molar-refractivity contribution is -0.117. The molecule has 4 rings (SSSR count). The van der Waals surface area contributed by atoms with Crippen LogP contribution in [0.25, 0.3) is 5.65 Å². The maximum absolute atomic E-state index is 12.6. The Bertz CT molecular complexity index is 907. The molecule has 8 heteroatoms. The second-order valence-electron chi connectivity index (χ2n) is 5.69. The number of amides is 1. The fourth-order valence-electron chi connectivity index (χ4n) is 2.84. The van der Waals surface area contributed by atoms with Gasteiger partial charge < -0.3 is 10.2 Å². The number of fused-ring (bicyclic) bond motifs is 1. The van der Waals surface area contributed by atoms with Crippen molar-refractivity contribution in [3.63, 3.8) is 0 Å². The van der Waals surface area contributed by atoms with Crippen molar-refractivity contribution in [2.75, 3.05) is 16.8 Å². The third-order valence-corrected chi connectivity index (χ3v) is 4.34. The van der Waals surface area contributed by atoms with Gasteiger partial charge in [-0.15, -0.1) is 15.3 Å². The maximum atomic E-state index is 12.6. The average Bonchev–Trinajstić information content (AvgIpc) is 3.13. The first-order valence-corrected chi connectivity index (χ1v) is 8.02. The van der Waals surface area contributed by atoms with Crippen molar-refractivity contribution in [3.05, 3.63) is 47.2 Å².